The van der Waals surface area contributed by atoms with Crippen LogP contribution in [0, 0.1) is 0 Å². The number of rotatable bonds is 7. The number of halogens is 2. The quantitative estimate of drug-likeness (QED) is 0.558. The molecule has 0 aromatic heterocycles. The average Bonchev–Trinajstić information content (AvgIpc) is 2.48. The van der Waals surface area contributed by atoms with Gasteiger partial charge < -0.3 is 16.0 Å². The predicted octanol–water partition coefficient (Wildman–Crippen LogP) is 2.74. The number of nitrogens with two attached hydrogens (primary N) is 1. The molecule has 5 nitrogen and oxygen atoms in total. The van der Waals surface area contributed by atoms with Crippen LogP contribution in [0.2, 0.25) is 0 Å². The minimum absolute atomic E-state index is 0.0563. The van der Waals surface area contributed by atoms with Crippen LogP contribution in [0.25, 0.3) is 0 Å². The minimum atomic E-state index is 0.0563. The molecule has 2 rings (SSSR count). The fraction of sp³-hybridized carbons (Fsp3) is 0.467. The van der Waals surface area contributed by atoms with Gasteiger partial charge in [0.25, 0.3) is 0 Å². The van der Waals surface area contributed by atoms with E-state index in [9.17, 15) is 4.79 Å². The van der Waals surface area contributed by atoms with Crippen LogP contribution in [0.5, 0.6) is 0 Å². The number of benzene rings is 1. The maximum Gasteiger partial charge on any atom is 0.220 e. The number of hydrogen-bond acceptors (Lipinski definition) is 4. The van der Waals surface area contributed by atoms with E-state index in [2.05, 4.69) is 26.2 Å². The summed E-state index contributed by atoms with van der Waals surface area (Å²) in [6, 6.07) is 5.94. The van der Waals surface area contributed by atoms with Crippen molar-refractivity contribution in [3.05, 3.63) is 28.2 Å². The van der Waals surface area contributed by atoms with Crippen molar-refractivity contribution in [3.8, 4) is 0 Å². The number of nitrogens with zero attached hydrogens (tertiary/aromatic N) is 2. The molecule has 1 aromatic carbocycles. The number of hydrogen-bond donors (Lipinski definition) is 2. The highest BCUT2D eigenvalue weighted by Crippen LogP contribution is 2.27. The summed E-state index contributed by atoms with van der Waals surface area (Å²) in [4.78, 5) is 18.0. The zero-order chi connectivity index (χ0) is 15.9. The van der Waals surface area contributed by atoms with Gasteiger partial charge >= 0.3 is 0 Å². The predicted molar refractivity (Wildman–Crippen MR) is 93.4 cm³/mol. The highest BCUT2D eigenvalue weighted by molar-refractivity contribution is 9.10. The Morgan fingerprint density at radius 2 is 2.27 bits per heavy atom. The number of guanidine groups is 1. The minimum Gasteiger partial charge on any atom is -0.369 e. The Morgan fingerprint density at radius 1 is 1.45 bits per heavy atom. The Kier molecular flexibility index (Phi) is 6.51. The highest BCUT2D eigenvalue weighted by atomic mass is 79.9. The van der Waals surface area contributed by atoms with E-state index in [4.69, 9.17) is 17.3 Å². The fourth-order valence-corrected chi connectivity index (χ4v) is 2.86. The number of carbonyl (C=O) groups is 1. The van der Waals surface area contributed by atoms with E-state index >= 15 is 0 Å². The van der Waals surface area contributed by atoms with E-state index in [1.165, 1.54) is 0 Å². The molecule has 0 spiro atoms. The largest absolute Gasteiger partial charge is 0.369 e. The first-order valence-electron chi connectivity index (χ1n) is 7.30. The molecule has 1 heterocycles. The topological polar surface area (TPSA) is 70.7 Å². The Morgan fingerprint density at radius 3 is 3.05 bits per heavy atom. The van der Waals surface area contributed by atoms with Crippen LogP contribution < -0.4 is 11.1 Å². The normalized spacial score (nSPS) is 13.5. The van der Waals surface area contributed by atoms with Crippen LogP contribution in [-0.2, 0) is 11.3 Å². The third-order valence-corrected chi connectivity index (χ3v) is 4.21. The van der Waals surface area contributed by atoms with Gasteiger partial charge in [0.05, 0.1) is 5.69 Å². The van der Waals surface area contributed by atoms with E-state index in [-0.39, 0.29) is 5.91 Å². The van der Waals surface area contributed by atoms with Crippen molar-refractivity contribution in [1.82, 2.24) is 10.2 Å². The molecule has 7 heteroatoms. The van der Waals surface area contributed by atoms with E-state index in [1.54, 1.807) is 0 Å². The second-order valence-corrected chi connectivity index (χ2v) is 6.45. The van der Waals surface area contributed by atoms with Gasteiger partial charge in [-0.1, -0.05) is 15.9 Å². The van der Waals surface area contributed by atoms with Crippen LogP contribution in [0.3, 0.4) is 0 Å². The van der Waals surface area contributed by atoms with Gasteiger partial charge in [-0.05, 0) is 36.6 Å². The number of fused-ring (bicyclic) bond motifs is 1. The molecule has 0 unspecified atom stereocenters. The van der Waals surface area contributed by atoms with Crippen LogP contribution >= 0.6 is 27.5 Å². The Balaban J connectivity index is 1.81. The van der Waals surface area contributed by atoms with Gasteiger partial charge in [0.2, 0.25) is 5.91 Å². The van der Waals surface area contributed by atoms with Gasteiger partial charge in [0, 0.05) is 36.4 Å². The molecule has 0 atom stereocenters. The summed E-state index contributed by atoms with van der Waals surface area (Å²) in [6.07, 6.45) is 2.21. The summed E-state index contributed by atoms with van der Waals surface area (Å²) in [6.45, 7) is 1.90. The van der Waals surface area contributed by atoms with E-state index in [0.717, 1.165) is 28.6 Å². The Hall–Kier alpha value is -1.27. The van der Waals surface area contributed by atoms with Crippen LogP contribution in [0.4, 0.5) is 5.69 Å². The maximum absolute atomic E-state index is 11.6. The smallest absolute Gasteiger partial charge is 0.220 e. The molecule has 0 fully saturated rings. The van der Waals surface area contributed by atoms with Crippen molar-refractivity contribution in [2.75, 3.05) is 19.0 Å². The van der Waals surface area contributed by atoms with Crippen molar-refractivity contribution in [2.45, 2.75) is 25.8 Å². The summed E-state index contributed by atoms with van der Waals surface area (Å²) in [5.41, 5.74) is 8.01. The molecule has 22 heavy (non-hydrogen) atoms. The van der Waals surface area contributed by atoms with Gasteiger partial charge in [-0.25, -0.2) is 4.99 Å². The number of carbonyl (C=O) groups excluding carboxylic acids is 1. The van der Waals surface area contributed by atoms with Crippen molar-refractivity contribution in [3.63, 3.8) is 0 Å². The number of aliphatic imine (C=N–C) groups is 1. The molecule has 1 aliphatic rings. The number of amides is 1. The second-order valence-electron chi connectivity index (χ2n) is 5.16. The van der Waals surface area contributed by atoms with E-state index in [1.807, 2.05) is 23.1 Å². The number of nitrogens with one attached hydrogen (secondary N) is 1. The first-order chi connectivity index (χ1) is 10.6. The van der Waals surface area contributed by atoms with Crippen LogP contribution in [0.1, 0.15) is 24.8 Å². The third-order valence-electron chi connectivity index (χ3n) is 3.45. The highest BCUT2D eigenvalue weighted by Gasteiger charge is 2.17. The SMILES string of the molecule is NC1=Nc2ccc(Br)cc2CN1CCNC(=O)CCCCCl. The fourth-order valence-electron chi connectivity index (χ4n) is 2.26. The Bertz CT molecular complexity index is 564. The molecule has 0 saturated heterocycles. The number of alkyl halides is 1. The lowest BCUT2D eigenvalue weighted by Gasteiger charge is -2.28. The third kappa shape index (κ3) is 4.88. The summed E-state index contributed by atoms with van der Waals surface area (Å²) >= 11 is 9.05. The molecular weight excluding hydrogens is 368 g/mol. The molecule has 0 bridgehead atoms. The summed E-state index contributed by atoms with van der Waals surface area (Å²) in [7, 11) is 0. The molecule has 1 aliphatic heterocycles. The van der Waals surface area contributed by atoms with Crippen molar-refractivity contribution >= 4 is 45.1 Å². The summed E-state index contributed by atoms with van der Waals surface area (Å²) < 4.78 is 1.02. The molecule has 1 amide bonds. The van der Waals surface area contributed by atoms with E-state index in [0.29, 0.717) is 37.9 Å². The summed E-state index contributed by atoms with van der Waals surface area (Å²) in [5.74, 6) is 1.15. The maximum atomic E-state index is 11.6. The lowest BCUT2D eigenvalue weighted by molar-refractivity contribution is -0.121. The first kappa shape index (κ1) is 17.1. The second kappa shape index (κ2) is 8.39. The van der Waals surface area contributed by atoms with Gasteiger partial charge in [0.15, 0.2) is 5.96 Å². The van der Waals surface area contributed by atoms with Gasteiger partial charge in [-0.15, -0.1) is 11.6 Å². The summed E-state index contributed by atoms with van der Waals surface area (Å²) in [5, 5.41) is 2.90. The van der Waals surface area contributed by atoms with Gasteiger partial charge in [-0.2, -0.15) is 0 Å². The van der Waals surface area contributed by atoms with Crippen molar-refractivity contribution < 1.29 is 4.79 Å². The molecule has 1 aromatic rings. The van der Waals surface area contributed by atoms with E-state index < -0.39 is 0 Å². The molecule has 120 valence electrons. The molecule has 0 saturated carbocycles. The molecule has 0 radical (unpaired) electrons. The first-order valence-corrected chi connectivity index (χ1v) is 8.63. The number of unbranched alkanes of at least 4 members (excludes halogenated alkanes) is 1. The monoisotopic (exact) mass is 386 g/mol. The average molecular weight is 388 g/mol. The van der Waals surface area contributed by atoms with Crippen molar-refractivity contribution in [1.29, 1.82) is 0 Å². The lowest BCUT2D eigenvalue weighted by Crippen LogP contribution is -2.43. The van der Waals surface area contributed by atoms with Crippen LogP contribution in [0.15, 0.2) is 27.7 Å². The van der Waals surface area contributed by atoms with Gasteiger partial charge in [-0.3, -0.25) is 4.79 Å². The molecule has 3 N–H and O–H groups in total. The van der Waals surface area contributed by atoms with Crippen molar-refractivity contribution in [2.24, 2.45) is 10.7 Å². The van der Waals surface area contributed by atoms with Gasteiger partial charge in [0.1, 0.15) is 0 Å². The zero-order valence-electron chi connectivity index (χ0n) is 12.3. The van der Waals surface area contributed by atoms with Crippen LogP contribution in [-0.4, -0.2) is 35.7 Å². The standard InChI is InChI=1S/C15H20BrClN4O/c16-12-4-5-13-11(9-12)10-21(15(18)20-13)8-7-19-14(22)3-1-2-6-17/h4-5,9H,1-3,6-8,10H2,(H2,18,20)(H,19,22). The molecule has 0 aliphatic carbocycles. The zero-order valence-corrected chi connectivity index (χ0v) is 14.7. The lowest BCUT2D eigenvalue weighted by atomic mass is 10.1. The molecular formula is C15H20BrClN4O. The Labute approximate surface area is 144 Å².